The number of hydrogen-bond donors (Lipinski definition) is 3. The maximum Gasteiger partial charge on any atom is 0.193 e. The van der Waals surface area contributed by atoms with E-state index in [9.17, 15) is 5.11 Å². The summed E-state index contributed by atoms with van der Waals surface area (Å²) in [6.07, 6.45) is 3.81. The molecule has 4 N–H and O–H groups in total. The number of halogens is 1. The van der Waals surface area contributed by atoms with Gasteiger partial charge in [0.15, 0.2) is 5.96 Å². The third kappa shape index (κ3) is 7.92. The van der Waals surface area contributed by atoms with Gasteiger partial charge < -0.3 is 21.1 Å². The number of nitrogens with one attached hydrogen (secondary N) is 1. The number of nitrogens with two attached hydrogens (primary N) is 1. The zero-order valence-corrected chi connectivity index (χ0v) is 17.8. The van der Waals surface area contributed by atoms with Crippen molar-refractivity contribution in [1.82, 2.24) is 4.90 Å². The molecule has 1 heterocycles. The number of aliphatic hydroxyl groups excluding tert-OH is 1. The van der Waals surface area contributed by atoms with Crippen LogP contribution in [0.4, 0.5) is 5.69 Å². The van der Waals surface area contributed by atoms with Crippen LogP contribution in [0.3, 0.4) is 0 Å². The van der Waals surface area contributed by atoms with Crippen molar-refractivity contribution in [2.24, 2.45) is 10.7 Å². The first kappa shape index (κ1) is 22.2. The second kappa shape index (κ2) is 11.7. The molecular weight excluding hydrogens is 427 g/mol. The van der Waals surface area contributed by atoms with Gasteiger partial charge >= 0.3 is 0 Å². The Bertz CT molecular complexity index is 513. The number of hydrogen-bond acceptors (Lipinski definition) is 3. The van der Waals surface area contributed by atoms with Crippen LogP contribution < -0.4 is 11.1 Å². The largest absolute Gasteiger partial charge is 0.393 e. The molecule has 5 nitrogen and oxygen atoms in total. The van der Waals surface area contributed by atoms with Crippen LogP contribution >= 0.6 is 24.0 Å². The third-order valence-electron chi connectivity index (χ3n) is 4.84. The van der Waals surface area contributed by atoms with E-state index in [4.69, 9.17) is 5.73 Å². The lowest BCUT2D eigenvalue weighted by molar-refractivity contribution is 0.0824. The van der Waals surface area contributed by atoms with E-state index in [1.54, 1.807) is 0 Å². The summed E-state index contributed by atoms with van der Waals surface area (Å²) in [5.41, 5.74) is 8.29. The number of anilines is 1. The summed E-state index contributed by atoms with van der Waals surface area (Å²) < 4.78 is 0. The third-order valence-corrected chi connectivity index (χ3v) is 4.84. The summed E-state index contributed by atoms with van der Waals surface area (Å²) in [4.78, 5) is 6.79. The van der Waals surface area contributed by atoms with Gasteiger partial charge in [0, 0.05) is 25.3 Å². The highest BCUT2D eigenvalue weighted by atomic mass is 127. The van der Waals surface area contributed by atoms with Gasteiger partial charge in [-0.05, 0) is 55.8 Å². The van der Waals surface area contributed by atoms with E-state index in [1.807, 2.05) is 0 Å². The number of piperidine rings is 1. The van der Waals surface area contributed by atoms with E-state index in [2.05, 4.69) is 53.3 Å². The van der Waals surface area contributed by atoms with Crippen LogP contribution in [0.25, 0.3) is 0 Å². The first-order valence-electron chi connectivity index (χ1n) is 9.15. The van der Waals surface area contributed by atoms with Crippen molar-refractivity contribution in [3.05, 3.63) is 29.8 Å². The molecule has 0 saturated carbocycles. The van der Waals surface area contributed by atoms with Crippen LogP contribution in [0.5, 0.6) is 0 Å². The van der Waals surface area contributed by atoms with Crippen molar-refractivity contribution in [2.45, 2.75) is 51.6 Å². The van der Waals surface area contributed by atoms with Crippen molar-refractivity contribution in [3.63, 3.8) is 0 Å². The Morgan fingerprint density at radius 1 is 1.32 bits per heavy atom. The molecule has 0 spiro atoms. The number of aliphatic imine (C=N–C) groups is 1. The van der Waals surface area contributed by atoms with E-state index in [0.717, 1.165) is 57.5 Å². The summed E-state index contributed by atoms with van der Waals surface area (Å²) in [5.74, 6) is 1.06. The maximum atomic E-state index is 9.50. The van der Waals surface area contributed by atoms with Gasteiger partial charge in [-0.2, -0.15) is 0 Å². The summed E-state index contributed by atoms with van der Waals surface area (Å²) in [6, 6.07) is 8.41. The van der Waals surface area contributed by atoms with E-state index in [-0.39, 0.29) is 30.1 Å². The lowest BCUT2D eigenvalue weighted by Crippen LogP contribution is -2.36. The minimum absolute atomic E-state index is 0. The van der Waals surface area contributed by atoms with E-state index in [0.29, 0.717) is 11.9 Å². The van der Waals surface area contributed by atoms with E-state index in [1.165, 1.54) is 5.56 Å². The van der Waals surface area contributed by atoms with Crippen molar-refractivity contribution in [2.75, 3.05) is 31.5 Å². The first-order valence-corrected chi connectivity index (χ1v) is 9.15. The van der Waals surface area contributed by atoms with Gasteiger partial charge in [-0.25, -0.2) is 0 Å². The molecule has 0 radical (unpaired) electrons. The smallest absolute Gasteiger partial charge is 0.193 e. The number of guanidine groups is 1. The van der Waals surface area contributed by atoms with Crippen LogP contribution in [-0.4, -0.2) is 48.2 Å². The molecule has 0 bridgehead atoms. The van der Waals surface area contributed by atoms with Crippen LogP contribution in [0.2, 0.25) is 0 Å². The van der Waals surface area contributed by atoms with Crippen molar-refractivity contribution in [3.8, 4) is 0 Å². The summed E-state index contributed by atoms with van der Waals surface area (Å²) in [7, 11) is 0. The molecule has 1 aliphatic rings. The van der Waals surface area contributed by atoms with Gasteiger partial charge in [-0.15, -0.1) is 24.0 Å². The first-order chi connectivity index (χ1) is 11.6. The molecule has 0 aliphatic carbocycles. The zero-order valence-electron chi connectivity index (χ0n) is 15.4. The second-order valence-electron chi connectivity index (χ2n) is 6.75. The zero-order chi connectivity index (χ0) is 17.4. The van der Waals surface area contributed by atoms with Crippen LogP contribution in [0, 0.1) is 0 Å². The number of nitrogens with zero attached hydrogens (tertiary/aromatic N) is 2. The molecule has 1 aliphatic heterocycles. The van der Waals surface area contributed by atoms with Crippen molar-refractivity contribution < 1.29 is 5.11 Å². The van der Waals surface area contributed by atoms with Gasteiger partial charge in [0.25, 0.3) is 0 Å². The fourth-order valence-corrected chi connectivity index (χ4v) is 2.95. The normalized spacial score (nSPS) is 17.8. The highest BCUT2D eigenvalue weighted by molar-refractivity contribution is 14.0. The van der Waals surface area contributed by atoms with Gasteiger partial charge in [-0.1, -0.05) is 26.0 Å². The van der Waals surface area contributed by atoms with Crippen LogP contribution in [0.15, 0.2) is 29.3 Å². The number of likely N-dealkylation sites (tertiary alicyclic amines) is 1. The summed E-state index contributed by atoms with van der Waals surface area (Å²) in [5, 5.41) is 12.7. The van der Waals surface area contributed by atoms with E-state index < -0.39 is 0 Å². The van der Waals surface area contributed by atoms with Crippen molar-refractivity contribution in [1.29, 1.82) is 0 Å². The van der Waals surface area contributed by atoms with Gasteiger partial charge in [0.2, 0.25) is 0 Å². The Labute approximate surface area is 169 Å². The maximum absolute atomic E-state index is 9.50. The molecule has 1 aromatic carbocycles. The average Bonchev–Trinajstić information content (AvgIpc) is 2.60. The number of benzene rings is 1. The monoisotopic (exact) mass is 460 g/mol. The lowest BCUT2D eigenvalue weighted by Gasteiger charge is -2.29. The predicted octanol–water partition coefficient (Wildman–Crippen LogP) is 3.39. The van der Waals surface area contributed by atoms with Gasteiger partial charge in [-0.3, -0.25) is 4.99 Å². The van der Waals surface area contributed by atoms with Crippen molar-refractivity contribution >= 4 is 35.6 Å². The minimum Gasteiger partial charge on any atom is -0.393 e. The molecule has 1 saturated heterocycles. The van der Waals surface area contributed by atoms with E-state index >= 15 is 0 Å². The summed E-state index contributed by atoms with van der Waals surface area (Å²) >= 11 is 0. The van der Waals surface area contributed by atoms with Gasteiger partial charge in [0.05, 0.1) is 6.10 Å². The Balaban J connectivity index is 0.00000312. The van der Waals surface area contributed by atoms with Crippen LogP contribution in [-0.2, 0) is 0 Å². The second-order valence-corrected chi connectivity index (χ2v) is 6.75. The molecule has 1 fully saturated rings. The Kier molecular flexibility index (Phi) is 10.4. The molecule has 6 heteroatoms. The molecular formula is C19H33IN4O. The molecule has 2 rings (SSSR count). The highest BCUT2D eigenvalue weighted by Crippen LogP contribution is 2.20. The Morgan fingerprint density at radius 2 is 1.96 bits per heavy atom. The fourth-order valence-electron chi connectivity index (χ4n) is 2.95. The van der Waals surface area contributed by atoms with Gasteiger partial charge in [0.1, 0.15) is 0 Å². The standard InChI is InChI=1S/C19H32N4O.HI/c1-3-15(2)16-5-7-17(8-6-16)22-19(20)21-11-4-12-23-13-9-18(24)10-14-23;/h5-8,15,18,24H,3-4,9-14H2,1-2H3,(H3,20,21,22);1H. The molecule has 25 heavy (non-hydrogen) atoms. The fraction of sp³-hybridized carbons (Fsp3) is 0.632. The molecule has 0 amide bonds. The van der Waals surface area contributed by atoms with Crippen LogP contribution in [0.1, 0.15) is 51.0 Å². The molecule has 142 valence electrons. The SMILES string of the molecule is CCC(C)c1ccc(NC(N)=NCCCN2CCC(O)CC2)cc1.I. The molecule has 1 aromatic rings. The number of rotatable bonds is 7. The quantitative estimate of drug-likeness (QED) is 0.253. The molecule has 1 atom stereocenters. The molecule has 0 aromatic heterocycles. The highest BCUT2D eigenvalue weighted by Gasteiger charge is 2.15. The molecule has 1 unspecified atom stereocenters. The number of aliphatic hydroxyl groups is 1. The Morgan fingerprint density at radius 3 is 2.56 bits per heavy atom. The lowest BCUT2D eigenvalue weighted by atomic mass is 9.99. The Hall–Kier alpha value is -0.860. The average molecular weight is 460 g/mol. The summed E-state index contributed by atoms with van der Waals surface area (Å²) in [6.45, 7) is 8.16. The minimum atomic E-state index is -0.106. The topological polar surface area (TPSA) is 73.9 Å². The predicted molar refractivity (Wildman–Crippen MR) is 117 cm³/mol.